The maximum Gasteiger partial charge on any atom is 0.306 e. The molecule has 0 aromatic carbocycles. The van der Waals surface area contributed by atoms with Gasteiger partial charge in [-0.1, -0.05) is 210 Å². The van der Waals surface area contributed by atoms with Crippen LogP contribution in [0, 0.1) is 0 Å². The van der Waals surface area contributed by atoms with Crippen LogP contribution in [0.1, 0.15) is 188 Å². The summed E-state index contributed by atoms with van der Waals surface area (Å²) in [5.74, 6) is -0.561. The number of carbonyl (C=O) groups excluding carboxylic acids is 2. The van der Waals surface area contributed by atoms with E-state index < -0.39 is 6.10 Å². The number of carbonyl (C=O) groups is 2. The highest BCUT2D eigenvalue weighted by molar-refractivity contribution is 5.70. The lowest BCUT2D eigenvalue weighted by molar-refractivity contribution is -0.162. The molecule has 5 nitrogen and oxygen atoms in total. The van der Waals surface area contributed by atoms with Gasteiger partial charge >= 0.3 is 11.9 Å². The molecule has 0 aromatic heterocycles. The Morgan fingerprint density at radius 1 is 0.324 bits per heavy atom. The second-order valence-corrected chi connectivity index (χ2v) is 16.6. The molecule has 0 bridgehead atoms. The molecule has 0 amide bonds. The van der Waals surface area contributed by atoms with Crippen LogP contribution in [0.25, 0.3) is 0 Å². The number of hydrogen-bond donors (Lipinski definition) is 0. The average Bonchev–Trinajstić information content (AvgIpc) is 3.34. The van der Waals surface area contributed by atoms with Crippen LogP contribution in [0.4, 0.5) is 0 Å². The van der Waals surface area contributed by atoms with E-state index in [-0.39, 0.29) is 31.6 Å². The maximum absolute atomic E-state index is 12.8. The molecule has 378 valence electrons. The molecular weight excluding hydrogens is 837 g/mol. The van der Waals surface area contributed by atoms with E-state index in [0.29, 0.717) is 19.4 Å². The Kier molecular flexibility index (Phi) is 52.6. The van der Waals surface area contributed by atoms with Gasteiger partial charge < -0.3 is 14.2 Å². The first-order valence-corrected chi connectivity index (χ1v) is 26.7. The summed E-state index contributed by atoms with van der Waals surface area (Å²) in [6.07, 6.45) is 85.2. The summed E-state index contributed by atoms with van der Waals surface area (Å²) >= 11 is 0. The zero-order valence-corrected chi connectivity index (χ0v) is 43.3. The van der Waals surface area contributed by atoms with Crippen LogP contribution < -0.4 is 0 Å². The van der Waals surface area contributed by atoms with E-state index in [1.165, 1.54) is 0 Å². The van der Waals surface area contributed by atoms with Crippen LogP contribution in [-0.4, -0.2) is 37.9 Å². The van der Waals surface area contributed by atoms with E-state index in [4.69, 9.17) is 14.2 Å². The maximum atomic E-state index is 12.8. The number of allylic oxidation sites excluding steroid dienone is 28. The minimum Gasteiger partial charge on any atom is -0.462 e. The Labute approximate surface area is 417 Å². The second-order valence-electron chi connectivity index (χ2n) is 16.6. The highest BCUT2D eigenvalue weighted by atomic mass is 16.6. The molecule has 1 unspecified atom stereocenters. The Hall–Kier alpha value is -4.74. The van der Waals surface area contributed by atoms with Crippen molar-refractivity contribution in [2.75, 3.05) is 19.8 Å². The molecule has 0 saturated carbocycles. The topological polar surface area (TPSA) is 61.8 Å². The fraction of sp³-hybridized carbons (Fsp3) is 0.524. The third-order valence-corrected chi connectivity index (χ3v) is 10.2. The third-order valence-electron chi connectivity index (χ3n) is 10.2. The molecule has 5 heteroatoms. The molecule has 0 aliphatic heterocycles. The van der Waals surface area contributed by atoms with Crippen molar-refractivity contribution in [1.82, 2.24) is 0 Å². The van der Waals surface area contributed by atoms with Crippen molar-refractivity contribution in [3.63, 3.8) is 0 Å². The van der Waals surface area contributed by atoms with Gasteiger partial charge in [0.05, 0.1) is 6.61 Å². The molecule has 0 aliphatic rings. The first kappa shape index (κ1) is 63.3. The lowest BCUT2D eigenvalue weighted by Gasteiger charge is -2.18. The number of unbranched alkanes of at least 4 members (excludes halogenated alkanes) is 7. The van der Waals surface area contributed by atoms with Gasteiger partial charge in [-0.15, -0.1) is 0 Å². The predicted molar refractivity (Wildman–Crippen MR) is 297 cm³/mol. The van der Waals surface area contributed by atoms with Gasteiger partial charge in [-0.3, -0.25) is 9.59 Å². The minimum atomic E-state index is -0.611. The summed E-state index contributed by atoms with van der Waals surface area (Å²) in [7, 11) is 0. The molecule has 0 spiro atoms. The second kappa shape index (κ2) is 56.6. The Bertz CT molecular complexity index is 1570. The Morgan fingerprint density at radius 3 is 1.03 bits per heavy atom. The van der Waals surface area contributed by atoms with Gasteiger partial charge in [-0.25, -0.2) is 0 Å². The number of hydrogen-bond acceptors (Lipinski definition) is 5. The van der Waals surface area contributed by atoms with E-state index in [1.807, 2.05) is 6.08 Å². The first-order chi connectivity index (χ1) is 33.6. The average molecular weight is 933 g/mol. The van der Waals surface area contributed by atoms with Crippen LogP contribution in [0.3, 0.4) is 0 Å². The molecule has 1 atom stereocenters. The summed E-state index contributed by atoms with van der Waals surface area (Å²) in [6.45, 7) is 7.29. The summed E-state index contributed by atoms with van der Waals surface area (Å²) in [6, 6.07) is 0. The van der Waals surface area contributed by atoms with Crippen LogP contribution in [0.5, 0.6) is 0 Å². The lowest BCUT2D eigenvalue weighted by Crippen LogP contribution is -2.30. The van der Waals surface area contributed by atoms with Crippen molar-refractivity contribution in [2.45, 2.75) is 194 Å². The van der Waals surface area contributed by atoms with Crippen LogP contribution in [0.15, 0.2) is 170 Å². The summed E-state index contributed by atoms with van der Waals surface area (Å²) in [5, 5.41) is 0. The van der Waals surface area contributed by atoms with Gasteiger partial charge in [0.1, 0.15) is 6.61 Å². The molecular formula is C63H96O5. The van der Waals surface area contributed by atoms with Crippen molar-refractivity contribution in [2.24, 2.45) is 0 Å². The number of rotatable bonds is 46. The van der Waals surface area contributed by atoms with Crippen molar-refractivity contribution in [3.05, 3.63) is 170 Å². The van der Waals surface area contributed by atoms with Crippen molar-refractivity contribution >= 4 is 11.9 Å². The van der Waals surface area contributed by atoms with Crippen LogP contribution in [-0.2, 0) is 23.8 Å². The van der Waals surface area contributed by atoms with Crippen LogP contribution >= 0.6 is 0 Å². The Morgan fingerprint density at radius 2 is 0.647 bits per heavy atom. The molecule has 0 fully saturated rings. The number of esters is 2. The van der Waals surface area contributed by atoms with Gasteiger partial charge in [0, 0.05) is 19.4 Å². The van der Waals surface area contributed by atoms with Gasteiger partial charge in [0.15, 0.2) is 6.10 Å². The third kappa shape index (κ3) is 53.9. The molecule has 68 heavy (non-hydrogen) atoms. The van der Waals surface area contributed by atoms with E-state index >= 15 is 0 Å². The smallest absolute Gasteiger partial charge is 0.306 e. The highest BCUT2D eigenvalue weighted by Crippen LogP contribution is 2.10. The Balaban J connectivity index is 4.53. The molecule has 0 aliphatic carbocycles. The minimum absolute atomic E-state index is 0.00928. The predicted octanol–water partition coefficient (Wildman–Crippen LogP) is 18.4. The summed E-state index contributed by atoms with van der Waals surface area (Å²) in [4.78, 5) is 25.4. The van der Waals surface area contributed by atoms with E-state index in [9.17, 15) is 9.59 Å². The molecule has 0 rings (SSSR count). The van der Waals surface area contributed by atoms with Crippen molar-refractivity contribution in [1.29, 1.82) is 0 Å². The van der Waals surface area contributed by atoms with Crippen LogP contribution in [0.2, 0.25) is 0 Å². The first-order valence-electron chi connectivity index (χ1n) is 26.7. The molecule has 0 saturated heterocycles. The zero-order valence-electron chi connectivity index (χ0n) is 43.3. The highest BCUT2D eigenvalue weighted by Gasteiger charge is 2.17. The SMILES string of the molecule is CC/C=C\C/C=C\C/C=C\C/C=C\C/C=C\C/C=C\CCC(=O)OCC(COCCCCCC/C=C\C/C=C\C/C=C\CC)OC(=O)CCCCC/C=C\C/C=C\C/C=C\C/C=C\C/C=C\CC. The molecule has 0 heterocycles. The van der Waals surface area contributed by atoms with Gasteiger partial charge in [-0.2, -0.15) is 0 Å². The van der Waals surface area contributed by atoms with Crippen molar-refractivity contribution in [3.8, 4) is 0 Å². The molecule has 0 aromatic rings. The van der Waals surface area contributed by atoms with E-state index in [1.54, 1.807) is 0 Å². The quantitative estimate of drug-likeness (QED) is 0.0346. The van der Waals surface area contributed by atoms with E-state index in [0.717, 1.165) is 148 Å². The summed E-state index contributed by atoms with van der Waals surface area (Å²) < 4.78 is 17.3. The van der Waals surface area contributed by atoms with Gasteiger partial charge in [0.2, 0.25) is 0 Å². The zero-order chi connectivity index (χ0) is 49.2. The lowest BCUT2D eigenvalue weighted by atomic mass is 10.1. The summed E-state index contributed by atoms with van der Waals surface area (Å²) in [5.41, 5.74) is 0. The fourth-order valence-corrected chi connectivity index (χ4v) is 6.40. The monoisotopic (exact) mass is 933 g/mol. The van der Waals surface area contributed by atoms with Gasteiger partial charge in [0.25, 0.3) is 0 Å². The number of ether oxygens (including phenoxy) is 3. The standard InChI is InChI=1S/C63H96O5/c1-4-7-10-13-16-19-22-25-28-30-32-34-36-38-41-44-47-50-53-56-62(64)67-60-61(59-66-58-55-52-49-46-43-40-27-24-21-18-15-12-9-6-3)68-63(65)57-54-51-48-45-42-39-37-35-33-31-29-26-23-20-17-14-11-8-5-2/h7-12,16-21,25-29,32-35,38-42,47,50,61H,4-6,13-15,22-24,30-31,36-37,43-46,48-49,51-60H2,1-3H3/b10-7-,11-8-,12-9-,19-16-,20-17-,21-18-,28-25-,29-26-,34-32-,35-33-,40-27-,41-38-,42-39-,50-47-. The normalized spacial score (nSPS) is 13.6. The van der Waals surface area contributed by atoms with E-state index in [2.05, 4.69) is 185 Å². The molecule has 0 radical (unpaired) electrons. The molecule has 0 N–H and O–H groups in total. The van der Waals surface area contributed by atoms with Gasteiger partial charge in [-0.05, 0) is 135 Å². The largest absolute Gasteiger partial charge is 0.462 e. The van der Waals surface area contributed by atoms with Crippen molar-refractivity contribution < 1.29 is 23.8 Å². The fourth-order valence-electron chi connectivity index (χ4n) is 6.40.